The maximum Gasteiger partial charge on any atom is 0.140 e. The van der Waals surface area contributed by atoms with Crippen LogP contribution in [0.2, 0.25) is 5.02 Å². The number of nitrogens with zero attached hydrogens (tertiary/aromatic N) is 1. The van der Waals surface area contributed by atoms with Gasteiger partial charge in [-0.1, -0.05) is 45.7 Å². The topological polar surface area (TPSA) is 24.9 Å². The number of pyridine rings is 1. The minimum absolute atomic E-state index is 0.614. The van der Waals surface area contributed by atoms with Crippen molar-refractivity contribution in [2.45, 2.75) is 6.54 Å². The molecule has 17 heavy (non-hydrogen) atoms. The summed E-state index contributed by atoms with van der Waals surface area (Å²) in [6.07, 6.45) is 1.62. The summed E-state index contributed by atoms with van der Waals surface area (Å²) in [6, 6.07) is 9.88. The third-order valence-electron chi connectivity index (χ3n) is 2.21. The summed E-state index contributed by atoms with van der Waals surface area (Å²) in [5.74, 6) is 0.783. The summed E-state index contributed by atoms with van der Waals surface area (Å²) in [5.41, 5.74) is 1.18. The lowest BCUT2D eigenvalue weighted by Gasteiger charge is -2.09. The van der Waals surface area contributed by atoms with Gasteiger partial charge in [-0.15, -0.1) is 0 Å². The van der Waals surface area contributed by atoms with E-state index in [1.54, 1.807) is 6.20 Å². The Morgan fingerprint density at radius 3 is 2.65 bits per heavy atom. The molecule has 2 nitrogen and oxygen atoms in total. The molecule has 0 atom stereocenters. The van der Waals surface area contributed by atoms with Crippen molar-refractivity contribution in [3.63, 3.8) is 0 Å². The molecule has 88 valence electrons. The quantitative estimate of drug-likeness (QED) is 0.826. The normalized spacial score (nSPS) is 10.3. The van der Waals surface area contributed by atoms with Crippen molar-refractivity contribution >= 4 is 49.3 Å². The molecule has 0 saturated carbocycles. The van der Waals surface area contributed by atoms with E-state index in [9.17, 15) is 0 Å². The second-order valence-corrected chi connectivity index (χ2v) is 5.57. The molecule has 2 rings (SSSR count). The highest BCUT2D eigenvalue weighted by Gasteiger charge is 2.03. The second-order valence-electron chi connectivity index (χ2n) is 3.43. The van der Waals surface area contributed by atoms with E-state index in [1.165, 1.54) is 5.56 Å². The Morgan fingerprint density at radius 1 is 1.18 bits per heavy atom. The molecule has 0 aliphatic rings. The van der Waals surface area contributed by atoms with Crippen LogP contribution < -0.4 is 5.32 Å². The predicted octanol–water partition coefficient (Wildman–Crippen LogP) is 4.87. The van der Waals surface area contributed by atoms with Crippen LogP contribution in [0.5, 0.6) is 0 Å². The summed E-state index contributed by atoms with van der Waals surface area (Å²) in [5, 5.41) is 3.86. The molecule has 0 saturated heterocycles. The van der Waals surface area contributed by atoms with Gasteiger partial charge in [-0.2, -0.15) is 0 Å². The van der Waals surface area contributed by atoms with Gasteiger partial charge in [-0.05, 0) is 33.6 Å². The maximum absolute atomic E-state index is 5.83. The number of rotatable bonds is 3. The zero-order valence-electron chi connectivity index (χ0n) is 8.75. The summed E-state index contributed by atoms with van der Waals surface area (Å²) >= 11 is 12.8. The van der Waals surface area contributed by atoms with Gasteiger partial charge in [0, 0.05) is 17.2 Å². The Bertz CT molecular complexity index is 532. The molecule has 0 aliphatic carbocycles. The van der Waals surface area contributed by atoms with Crippen molar-refractivity contribution in [1.29, 1.82) is 0 Å². The third-order valence-corrected chi connectivity index (χ3v) is 3.80. The van der Waals surface area contributed by atoms with Crippen LogP contribution in [-0.2, 0) is 6.54 Å². The number of anilines is 1. The molecule has 1 heterocycles. The predicted molar refractivity (Wildman–Crippen MR) is 78.4 cm³/mol. The zero-order valence-corrected chi connectivity index (χ0v) is 12.7. The van der Waals surface area contributed by atoms with Gasteiger partial charge in [0.05, 0.1) is 9.50 Å². The van der Waals surface area contributed by atoms with Gasteiger partial charge < -0.3 is 5.32 Å². The molecule has 1 aromatic heterocycles. The van der Waals surface area contributed by atoms with E-state index < -0.39 is 0 Å². The van der Waals surface area contributed by atoms with Crippen molar-refractivity contribution in [3.05, 3.63) is 56.1 Å². The number of aromatic nitrogens is 1. The van der Waals surface area contributed by atoms with E-state index in [4.69, 9.17) is 11.6 Å². The Labute approximate surface area is 122 Å². The highest BCUT2D eigenvalue weighted by atomic mass is 79.9. The lowest BCUT2D eigenvalue weighted by Crippen LogP contribution is -2.02. The van der Waals surface area contributed by atoms with E-state index in [0.29, 0.717) is 11.6 Å². The first-order valence-electron chi connectivity index (χ1n) is 4.95. The first-order valence-corrected chi connectivity index (χ1v) is 6.91. The van der Waals surface area contributed by atoms with E-state index in [0.717, 1.165) is 14.8 Å². The van der Waals surface area contributed by atoms with E-state index in [-0.39, 0.29) is 0 Å². The van der Waals surface area contributed by atoms with Crippen molar-refractivity contribution in [1.82, 2.24) is 4.98 Å². The molecular formula is C12H9Br2ClN2. The van der Waals surface area contributed by atoms with Crippen molar-refractivity contribution in [3.8, 4) is 0 Å². The van der Waals surface area contributed by atoms with E-state index in [1.807, 2.05) is 24.3 Å². The fourth-order valence-electron chi connectivity index (χ4n) is 1.37. The van der Waals surface area contributed by atoms with Crippen LogP contribution in [0.15, 0.2) is 45.5 Å². The Kier molecular flexibility index (Phi) is 4.42. The van der Waals surface area contributed by atoms with Crippen LogP contribution in [0.4, 0.5) is 5.82 Å². The van der Waals surface area contributed by atoms with Gasteiger partial charge in [0.25, 0.3) is 0 Å². The fraction of sp³-hybridized carbons (Fsp3) is 0.0833. The standard InChI is InChI=1S/C12H9Br2ClN2/c13-10-4-2-1-3-8(10)6-16-12-11(14)5-9(15)7-17-12/h1-5,7H,6H2,(H,16,17). The molecule has 0 aliphatic heterocycles. The highest BCUT2D eigenvalue weighted by molar-refractivity contribution is 9.10. The van der Waals surface area contributed by atoms with Gasteiger partial charge in [0.2, 0.25) is 0 Å². The molecule has 0 amide bonds. The SMILES string of the molecule is Clc1cnc(NCc2ccccc2Br)c(Br)c1. The minimum atomic E-state index is 0.614. The summed E-state index contributed by atoms with van der Waals surface area (Å²) in [7, 11) is 0. The third kappa shape index (κ3) is 3.44. The summed E-state index contributed by atoms with van der Waals surface area (Å²) in [6.45, 7) is 0.703. The second kappa shape index (κ2) is 5.85. The molecule has 0 bridgehead atoms. The number of hydrogen-bond donors (Lipinski definition) is 1. The van der Waals surface area contributed by atoms with E-state index >= 15 is 0 Å². The number of benzene rings is 1. The molecule has 5 heteroatoms. The lowest BCUT2D eigenvalue weighted by molar-refractivity contribution is 1.10. The summed E-state index contributed by atoms with van der Waals surface area (Å²) < 4.78 is 1.94. The first-order chi connectivity index (χ1) is 8.16. The van der Waals surface area contributed by atoms with Crippen LogP contribution in [0, 0.1) is 0 Å². The Balaban J connectivity index is 2.10. The maximum atomic E-state index is 5.83. The van der Waals surface area contributed by atoms with Crippen LogP contribution in [-0.4, -0.2) is 4.98 Å². The number of hydrogen-bond acceptors (Lipinski definition) is 2. The zero-order chi connectivity index (χ0) is 12.3. The van der Waals surface area contributed by atoms with Crippen LogP contribution >= 0.6 is 43.5 Å². The molecular weight excluding hydrogens is 367 g/mol. The smallest absolute Gasteiger partial charge is 0.140 e. The Morgan fingerprint density at radius 2 is 1.94 bits per heavy atom. The highest BCUT2D eigenvalue weighted by Crippen LogP contribution is 2.24. The van der Waals surface area contributed by atoms with Gasteiger partial charge in [-0.25, -0.2) is 4.98 Å². The van der Waals surface area contributed by atoms with E-state index in [2.05, 4.69) is 48.2 Å². The summed E-state index contributed by atoms with van der Waals surface area (Å²) in [4.78, 5) is 4.22. The number of nitrogens with one attached hydrogen (secondary N) is 1. The van der Waals surface area contributed by atoms with Crippen LogP contribution in [0.3, 0.4) is 0 Å². The molecule has 1 N–H and O–H groups in total. The molecule has 1 aromatic carbocycles. The average Bonchev–Trinajstić information content (AvgIpc) is 2.30. The monoisotopic (exact) mass is 374 g/mol. The van der Waals surface area contributed by atoms with Crippen molar-refractivity contribution < 1.29 is 0 Å². The molecule has 0 unspecified atom stereocenters. The molecule has 0 fully saturated rings. The minimum Gasteiger partial charge on any atom is -0.365 e. The van der Waals surface area contributed by atoms with Gasteiger partial charge >= 0.3 is 0 Å². The number of halogens is 3. The van der Waals surface area contributed by atoms with Crippen LogP contribution in [0.1, 0.15) is 5.56 Å². The van der Waals surface area contributed by atoms with Gasteiger partial charge in [0.15, 0.2) is 0 Å². The Hall–Kier alpha value is -0.580. The molecule has 2 aromatic rings. The lowest BCUT2D eigenvalue weighted by atomic mass is 10.2. The van der Waals surface area contributed by atoms with Crippen LogP contribution in [0.25, 0.3) is 0 Å². The van der Waals surface area contributed by atoms with Crippen molar-refractivity contribution in [2.24, 2.45) is 0 Å². The fourth-order valence-corrected chi connectivity index (χ4v) is 2.57. The average molecular weight is 376 g/mol. The molecule has 0 radical (unpaired) electrons. The largest absolute Gasteiger partial charge is 0.365 e. The van der Waals surface area contributed by atoms with Gasteiger partial charge in [-0.3, -0.25) is 0 Å². The van der Waals surface area contributed by atoms with Gasteiger partial charge in [0.1, 0.15) is 5.82 Å². The first kappa shape index (κ1) is 12.9. The van der Waals surface area contributed by atoms with Crippen molar-refractivity contribution in [2.75, 3.05) is 5.32 Å². The molecule has 0 spiro atoms.